The van der Waals surface area contributed by atoms with E-state index in [0.29, 0.717) is 17.0 Å². The van der Waals surface area contributed by atoms with Crippen molar-refractivity contribution in [3.8, 4) is 5.75 Å². The number of benzene rings is 1. The lowest BCUT2D eigenvalue weighted by atomic mass is 10.1. The number of Topliss-reactive ketones (excluding diaryl/α,β-unsaturated/α-hetero) is 1. The Morgan fingerprint density at radius 3 is 3.18 bits per heavy atom. The number of amides is 1. The van der Waals surface area contributed by atoms with Crippen LogP contribution in [0.25, 0.3) is 10.4 Å². The molecule has 17 heavy (non-hydrogen) atoms. The van der Waals surface area contributed by atoms with Gasteiger partial charge in [0.2, 0.25) is 0 Å². The predicted octanol–water partition coefficient (Wildman–Crippen LogP) is 1.51. The molecule has 0 radical (unpaired) electrons. The van der Waals surface area contributed by atoms with Gasteiger partial charge in [0.1, 0.15) is 5.75 Å². The van der Waals surface area contributed by atoms with Crippen molar-refractivity contribution in [3.05, 3.63) is 34.2 Å². The molecule has 1 aromatic carbocycles. The van der Waals surface area contributed by atoms with Gasteiger partial charge in [0.25, 0.3) is 5.91 Å². The summed E-state index contributed by atoms with van der Waals surface area (Å²) >= 11 is 0. The molecule has 1 aromatic rings. The predicted molar refractivity (Wildman–Crippen MR) is 58.9 cm³/mol. The van der Waals surface area contributed by atoms with Gasteiger partial charge in [-0.2, -0.15) is 0 Å². The van der Waals surface area contributed by atoms with Crippen molar-refractivity contribution >= 4 is 17.4 Å². The first kappa shape index (κ1) is 11.0. The van der Waals surface area contributed by atoms with Crippen molar-refractivity contribution in [1.29, 1.82) is 0 Å². The van der Waals surface area contributed by atoms with Crippen molar-refractivity contribution in [3.63, 3.8) is 0 Å². The standard InChI is InChI=1S/C10H8N4O3/c11-14-12-4-8(15)6-1-2-9-7(3-6)13-10(16)5-17-9/h1-3H,4-5H2,(H,13,16). The van der Waals surface area contributed by atoms with Crippen LogP contribution in [0.15, 0.2) is 23.3 Å². The Hall–Kier alpha value is -2.53. The Morgan fingerprint density at radius 2 is 2.41 bits per heavy atom. The molecule has 0 unspecified atom stereocenters. The summed E-state index contributed by atoms with van der Waals surface area (Å²) in [7, 11) is 0. The summed E-state index contributed by atoms with van der Waals surface area (Å²) in [4.78, 5) is 25.2. The summed E-state index contributed by atoms with van der Waals surface area (Å²) in [6.45, 7) is -0.275. The quantitative estimate of drug-likeness (QED) is 0.369. The lowest BCUT2D eigenvalue weighted by molar-refractivity contribution is -0.118. The van der Waals surface area contributed by atoms with Crippen LogP contribution in [-0.4, -0.2) is 24.8 Å². The molecule has 0 saturated heterocycles. The minimum Gasteiger partial charge on any atom is -0.482 e. The number of azide groups is 1. The number of ether oxygens (including phenoxy) is 1. The molecule has 2 rings (SSSR count). The minimum absolute atomic E-state index is 0.0288. The third kappa shape index (κ3) is 2.35. The highest BCUT2D eigenvalue weighted by molar-refractivity contribution is 6.01. The van der Waals surface area contributed by atoms with Gasteiger partial charge in [-0.05, 0) is 23.7 Å². The first-order chi connectivity index (χ1) is 8.20. The van der Waals surface area contributed by atoms with Crippen LogP contribution in [0.1, 0.15) is 10.4 Å². The molecular formula is C10H8N4O3. The SMILES string of the molecule is [N-]=[N+]=NCC(=O)c1ccc2c(c1)NC(=O)CO2. The third-order valence-electron chi connectivity index (χ3n) is 2.21. The second-order valence-electron chi connectivity index (χ2n) is 3.36. The van der Waals surface area contributed by atoms with Crippen LogP contribution in [0.3, 0.4) is 0 Å². The largest absolute Gasteiger partial charge is 0.482 e. The van der Waals surface area contributed by atoms with Gasteiger partial charge in [0, 0.05) is 10.5 Å². The first-order valence-electron chi connectivity index (χ1n) is 4.81. The fourth-order valence-electron chi connectivity index (χ4n) is 1.44. The molecule has 0 aliphatic carbocycles. The monoisotopic (exact) mass is 232 g/mol. The van der Waals surface area contributed by atoms with Crippen molar-refractivity contribution in [2.24, 2.45) is 5.11 Å². The summed E-state index contributed by atoms with van der Waals surface area (Å²) in [6, 6.07) is 4.66. The van der Waals surface area contributed by atoms with Crippen molar-refractivity contribution in [2.45, 2.75) is 0 Å². The van der Waals surface area contributed by atoms with E-state index >= 15 is 0 Å². The highest BCUT2D eigenvalue weighted by Crippen LogP contribution is 2.28. The summed E-state index contributed by atoms with van der Waals surface area (Å²) < 4.78 is 5.15. The Kier molecular flexibility index (Phi) is 2.93. The van der Waals surface area contributed by atoms with E-state index in [1.54, 1.807) is 12.1 Å². The number of anilines is 1. The third-order valence-corrected chi connectivity index (χ3v) is 2.21. The van der Waals surface area contributed by atoms with Gasteiger partial charge in [-0.15, -0.1) is 0 Å². The van der Waals surface area contributed by atoms with Gasteiger partial charge < -0.3 is 10.1 Å². The molecule has 1 aliphatic rings. The highest BCUT2D eigenvalue weighted by atomic mass is 16.5. The molecule has 86 valence electrons. The normalized spacial score (nSPS) is 12.8. The molecule has 0 spiro atoms. The Morgan fingerprint density at radius 1 is 1.59 bits per heavy atom. The summed E-state index contributed by atoms with van der Waals surface area (Å²) in [6.07, 6.45) is 0. The van der Waals surface area contributed by atoms with Crippen LogP contribution in [-0.2, 0) is 4.79 Å². The minimum atomic E-state index is -0.314. The zero-order valence-corrected chi connectivity index (χ0v) is 8.71. The van der Waals surface area contributed by atoms with E-state index in [4.69, 9.17) is 10.3 Å². The molecule has 7 nitrogen and oxygen atoms in total. The molecule has 1 amide bonds. The maximum Gasteiger partial charge on any atom is 0.262 e. The van der Waals surface area contributed by atoms with E-state index in [1.165, 1.54) is 6.07 Å². The molecule has 0 saturated carbocycles. The van der Waals surface area contributed by atoms with Gasteiger partial charge in [-0.25, -0.2) is 0 Å². The molecule has 1 aliphatic heterocycles. The second kappa shape index (κ2) is 4.54. The van der Waals surface area contributed by atoms with Crippen molar-refractivity contribution in [2.75, 3.05) is 18.5 Å². The molecule has 7 heteroatoms. The number of nitrogens with zero attached hydrogens (tertiary/aromatic N) is 3. The maximum absolute atomic E-state index is 11.6. The number of carbonyl (C=O) groups excluding carboxylic acids is 2. The fraction of sp³-hybridized carbons (Fsp3) is 0.200. The Bertz CT molecular complexity index is 534. The van der Waals surface area contributed by atoms with Crippen LogP contribution >= 0.6 is 0 Å². The summed E-state index contributed by atoms with van der Waals surface area (Å²) in [5, 5.41) is 5.78. The lowest BCUT2D eigenvalue weighted by Crippen LogP contribution is -2.25. The molecule has 1 heterocycles. The van der Waals surface area contributed by atoms with Gasteiger partial charge in [0.15, 0.2) is 12.4 Å². The van der Waals surface area contributed by atoms with Crippen molar-refractivity contribution in [1.82, 2.24) is 0 Å². The van der Waals surface area contributed by atoms with Gasteiger partial charge in [0.05, 0.1) is 12.2 Å². The molecule has 0 bridgehead atoms. The Balaban J connectivity index is 2.26. The summed E-state index contributed by atoms with van der Waals surface area (Å²) in [5.41, 5.74) is 8.93. The van der Waals surface area contributed by atoms with Gasteiger partial charge >= 0.3 is 0 Å². The smallest absolute Gasteiger partial charge is 0.262 e. The summed E-state index contributed by atoms with van der Waals surface area (Å²) in [5.74, 6) is -0.0625. The zero-order valence-electron chi connectivity index (χ0n) is 8.71. The van der Waals surface area contributed by atoms with Crippen LogP contribution in [0.5, 0.6) is 5.75 Å². The Labute approximate surface area is 96.0 Å². The van der Waals surface area contributed by atoms with E-state index in [-0.39, 0.29) is 24.8 Å². The lowest BCUT2D eigenvalue weighted by Gasteiger charge is -2.18. The van der Waals surface area contributed by atoms with E-state index in [9.17, 15) is 9.59 Å². The van der Waals surface area contributed by atoms with Crippen LogP contribution in [0.4, 0.5) is 5.69 Å². The average Bonchev–Trinajstić information content (AvgIpc) is 2.35. The van der Waals surface area contributed by atoms with Crippen LogP contribution in [0.2, 0.25) is 0 Å². The second-order valence-corrected chi connectivity index (χ2v) is 3.36. The number of nitrogens with one attached hydrogen (secondary N) is 1. The van der Waals surface area contributed by atoms with Gasteiger partial charge in [-0.1, -0.05) is 5.11 Å². The highest BCUT2D eigenvalue weighted by Gasteiger charge is 2.17. The molecular weight excluding hydrogens is 224 g/mol. The topological polar surface area (TPSA) is 104 Å². The first-order valence-corrected chi connectivity index (χ1v) is 4.81. The maximum atomic E-state index is 11.6. The van der Waals surface area contributed by atoms with Crippen molar-refractivity contribution < 1.29 is 14.3 Å². The number of carbonyl (C=O) groups is 2. The number of rotatable bonds is 3. The van der Waals surface area contributed by atoms with Gasteiger partial charge in [-0.3, -0.25) is 9.59 Å². The fourth-order valence-corrected chi connectivity index (χ4v) is 1.44. The van der Waals surface area contributed by atoms with Crippen LogP contribution < -0.4 is 10.1 Å². The number of fused-ring (bicyclic) bond motifs is 1. The van der Waals surface area contributed by atoms with E-state index in [1.807, 2.05) is 0 Å². The van der Waals surface area contributed by atoms with E-state index in [2.05, 4.69) is 15.3 Å². The molecule has 0 fully saturated rings. The molecule has 0 aromatic heterocycles. The molecule has 0 atom stereocenters. The number of hydrogen-bond acceptors (Lipinski definition) is 4. The average molecular weight is 232 g/mol. The number of ketones is 1. The number of hydrogen-bond donors (Lipinski definition) is 1. The van der Waals surface area contributed by atoms with Crippen LogP contribution in [0, 0.1) is 0 Å². The van der Waals surface area contributed by atoms with E-state index < -0.39 is 0 Å². The molecule has 1 N–H and O–H groups in total. The zero-order chi connectivity index (χ0) is 12.3. The van der Waals surface area contributed by atoms with E-state index in [0.717, 1.165) is 0 Å².